The predicted molar refractivity (Wildman–Crippen MR) is 98.5 cm³/mol. The Morgan fingerprint density at radius 1 is 1.12 bits per heavy atom. The third kappa shape index (κ3) is 3.74. The van der Waals surface area contributed by atoms with Crippen LogP contribution in [0.25, 0.3) is 10.1 Å². The first-order valence-electron chi connectivity index (χ1n) is 8.01. The molecule has 0 spiro atoms. The van der Waals surface area contributed by atoms with Crippen LogP contribution in [-0.2, 0) is 0 Å². The lowest BCUT2D eigenvalue weighted by molar-refractivity contribution is 0.103. The highest BCUT2D eigenvalue weighted by atomic mass is 32.1. The van der Waals surface area contributed by atoms with Crippen LogP contribution in [0.4, 0.5) is 10.1 Å². The minimum atomic E-state index is -0.332. The molecule has 0 fully saturated rings. The molecule has 4 nitrogen and oxygen atoms in total. The molecule has 2 aromatic carbocycles. The van der Waals surface area contributed by atoms with Crippen molar-refractivity contribution in [2.45, 2.75) is 13.8 Å². The number of halogens is 1. The molecule has 130 valence electrons. The smallest absolute Gasteiger partial charge is 0.265 e. The third-order valence-electron chi connectivity index (χ3n) is 3.54. The van der Waals surface area contributed by atoms with E-state index in [0.717, 1.165) is 4.70 Å². The van der Waals surface area contributed by atoms with Gasteiger partial charge in [-0.05, 0) is 44.2 Å². The number of benzene rings is 2. The molecule has 0 aliphatic carbocycles. The van der Waals surface area contributed by atoms with Gasteiger partial charge in [0, 0.05) is 16.2 Å². The molecule has 0 atom stereocenters. The lowest BCUT2D eigenvalue weighted by Gasteiger charge is -2.13. The van der Waals surface area contributed by atoms with Crippen LogP contribution < -0.4 is 14.8 Å². The molecule has 0 radical (unpaired) electrons. The van der Waals surface area contributed by atoms with Crippen molar-refractivity contribution in [2.24, 2.45) is 0 Å². The summed E-state index contributed by atoms with van der Waals surface area (Å²) in [5, 5.41) is 3.28. The Bertz CT molecular complexity index is 907. The van der Waals surface area contributed by atoms with Crippen LogP contribution in [0.15, 0.2) is 42.5 Å². The number of hydrogen-bond donors (Lipinski definition) is 1. The number of anilines is 1. The first kappa shape index (κ1) is 17.2. The highest BCUT2D eigenvalue weighted by molar-refractivity contribution is 7.20. The average Bonchev–Trinajstić information content (AvgIpc) is 3.03. The Kier molecular flexibility index (Phi) is 5.19. The molecule has 25 heavy (non-hydrogen) atoms. The minimum Gasteiger partial charge on any atom is -0.494 e. The predicted octanol–water partition coefficient (Wildman–Crippen LogP) is 5.09. The number of carbonyl (C=O) groups is 1. The zero-order valence-electron chi connectivity index (χ0n) is 14.0. The van der Waals surface area contributed by atoms with Gasteiger partial charge in [0.1, 0.15) is 17.3 Å². The number of fused-ring (bicyclic) bond motifs is 1. The van der Waals surface area contributed by atoms with Gasteiger partial charge in [-0.15, -0.1) is 11.3 Å². The minimum absolute atomic E-state index is 0.310. The van der Waals surface area contributed by atoms with E-state index in [2.05, 4.69) is 5.32 Å². The summed E-state index contributed by atoms with van der Waals surface area (Å²) >= 11 is 1.25. The molecule has 1 amide bonds. The Morgan fingerprint density at radius 3 is 2.64 bits per heavy atom. The number of hydrogen-bond acceptors (Lipinski definition) is 4. The van der Waals surface area contributed by atoms with E-state index in [1.165, 1.54) is 17.4 Å². The largest absolute Gasteiger partial charge is 0.494 e. The summed E-state index contributed by atoms with van der Waals surface area (Å²) in [6.45, 7) is 4.76. The fourth-order valence-corrected chi connectivity index (χ4v) is 3.44. The van der Waals surface area contributed by atoms with Crippen LogP contribution in [0.3, 0.4) is 0 Å². The van der Waals surface area contributed by atoms with E-state index in [0.29, 0.717) is 40.7 Å². The van der Waals surface area contributed by atoms with Gasteiger partial charge in [-0.2, -0.15) is 0 Å². The molecule has 0 aliphatic rings. The van der Waals surface area contributed by atoms with Gasteiger partial charge in [0.2, 0.25) is 0 Å². The van der Waals surface area contributed by atoms with Crippen LogP contribution in [-0.4, -0.2) is 19.1 Å². The van der Waals surface area contributed by atoms with Crippen molar-refractivity contribution in [1.82, 2.24) is 0 Å². The van der Waals surface area contributed by atoms with Crippen molar-refractivity contribution < 1.29 is 18.7 Å². The van der Waals surface area contributed by atoms with Gasteiger partial charge < -0.3 is 14.8 Å². The van der Waals surface area contributed by atoms with Gasteiger partial charge in [-0.1, -0.05) is 6.07 Å². The molecule has 0 saturated carbocycles. The van der Waals surface area contributed by atoms with Crippen LogP contribution in [0.5, 0.6) is 11.5 Å². The molecular weight excluding hydrogens is 341 g/mol. The van der Waals surface area contributed by atoms with Crippen molar-refractivity contribution in [1.29, 1.82) is 0 Å². The summed E-state index contributed by atoms with van der Waals surface area (Å²) in [6.07, 6.45) is 0. The molecule has 0 saturated heterocycles. The van der Waals surface area contributed by atoms with Gasteiger partial charge in [-0.3, -0.25) is 4.79 Å². The quantitative estimate of drug-likeness (QED) is 0.667. The molecule has 3 rings (SSSR count). The molecule has 0 bridgehead atoms. The van der Waals surface area contributed by atoms with Crippen molar-refractivity contribution in [3.8, 4) is 11.5 Å². The van der Waals surface area contributed by atoms with Gasteiger partial charge in [-0.25, -0.2) is 4.39 Å². The van der Waals surface area contributed by atoms with Crippen molar-refractivity contribution in [3.05, 3.63) is 53.2 Å². The first-order chi connectivity index (χ1) is 12.1. The van der Waals surface area contributed by atoms with Crippen LogP contribution in [0.2, 0.25) is 0 Å². The number of ether oxygens (including phenoxy) is 2. The van der Waals surface area contributed by atoms with Crippen molar-refractivity contribution in [3.63, 3.8) is 0 Å². The van der Waals surface area contributed by atoms with Gasteiger partial charge in [0.25, 0.3) is 5.91 Å². The van der Waals surface area contributed by atoms with Gasteiger partial charge in [0.15, 0.2) is 0 Å². The molecule has 3 aromatic rings. The number of nitrogens with one attached hydrogen (secondary N) is 1. The second-order valence-corrected chi connectivity index (χ2v) is 6.32. The second kappa shape index (κ2) is 7.53. The van der Waals surface area contributed by atoms with E-state index >= 15 is 0 Å². The molecule has 0 unspecified atom stereocenters. The molecule has 6 heteroatoms. The molecule has 0 aliphatic heterocycles. The van der Waals surface area contributed by atoms with Crippen molar-refractivity contribution in [2.75, 3.05) is 18.5 Å². The average molecular weight is 359 g/mol. The Labute approximate surface area is 149 Å². The number of thiophene rings is 1. The molecule has 1 N–H and O–H groups in total. The molecule has 1 heterocycles. The van der Waals surface area contributed by atoms with Crippen LogP contribution >= 0.6 is 11.3 Å². The topological polar surface area (TPSA) is 47.6 Å². The fourth-order valence-electron chi connectivity index (χ4n) is 2.47. The van der Waals surface area contributed by atoms with Crippen LogP contribution in [0, 0.1) is 5.82 Å². The fraction of sp³-hybridized carbons (Fsp3) is 0.211. The zero-order valence-corrected chi connectivity index (χ0v) is 14.8. The van der Waals surface area contributed by atoms with E-state index in [-0.39, 0.29) is 11.7 Å². The second-order valence-electron chi connectivity index (χ2n) is 5.24. The molecular formula is C19H18FNO3S. The summed E-state index contributed by atoms with van der Waals surface area (Å²) in [7, 11) is 0. The maximum atomic E-state index is 13.8. The van der Waals surface area contributed by atoms with Gasteiger partial charge in [0.05, 0.1) is 23.8 Å². The summed E-state index contributed by atoms with van der Waals surface area (Å²) in [4.78, 5) is 13.0. The summed E-state index contributed by atoms with van der Waals surface area (Å²) in [6, 6.07) is 11.6. The Hall–Kier alpha value is -2.60. The molecule has 1 aromatic heterocycles. The normalized spacial score (nSPS) is 10.7. The van der Waals surface area contributed by atoms with E-state index in [1.54, 1.807) is 36.4 Å². The highest BCUT2D eigenvalue weighted by Gasteiger charge is 2.15. The first-order valence-corrected chi connectivity index (χ1v) is 8.83. The lowest BCUT2D eigenvalue weighted by atomic mass is 10.2. The van der Waals surface area contributed by atoms with E-state index in [9.17, 15) is 9.18 Å². The summed E-state index contributed by atoms with van der Waals surface area (Å²) in [5.41, 5.74) is 0.524. The number of amides is 1. The summed E-state index contributed by atoms with van der Waals surface area (Å²) < 4.78 is 25.6. The Balaban J connectivity index is 1.90. The Morgan fingerprint density at radius 2 is 1.92 bits per heavy atom. The number of carbonyl (C=O) groups excluding carboxylic acids is 1. The standard InChI is InChI=1S/C19H18FNO3S/c1-3-23-12-8-9-16(24-4-2)15(10-12)21-19(22)18-11-13-14(20)6-5-7-17(13)25-18/h5-11H,3-4H2,1-2H3,(H,21,22). The summed E-state index contributed by atoms with van der Waals surface area (Å²) in [5.74, 6) is 0.562. The van der Waals surface area contributed by atoms with Gasteiger partial charge >= 0.3 is 0 Å². The monoisotopic (exact) mass is 359 g/mol. The maximum absolute atomic E-state index is 13.8. The number of rotatable bonds is 6. The van der Waals surface area contributed by atoms with E-state index in [1.807, 2.05) is 13.8 Å². The lowest BCUT2D eigenvalue weighted by Crippen LogP contribution is -2.11. The third-order valence-corrected chi connectivity index (χ3v) is 4.64. The highest BCUT2D eigenvalue weighted by Crippen LogP contribution is 2.32. The van der Waals surface area contributed by atoms with Crippen LogP contribution in [0.1, 0.15) is 23.5 Å². The van der Waals surface area contributed by atoms with E-state index < -0.39 is 0 Å². The van der Waals surface area contributed by atoms with Crippen molar-refractivity contribution >= 4 is 33.0 Å². The van der Waals surface area contributed by atoms with E-state index in [4.69, 9.17) is 9.47 Å². The zero-order chi connectivity index (χ0) is 17.8. The SMILES string of the molecule is CCOc1ccc(OCC)c(NC(=O)c2cc3c(F)cccc3s2)c1. The maximum Gasteiger partial charge on any atom is 0.265 e.